The van der Waals surface area contributed by atoms with Gasteiger partial charge in [0.05, 0.1) is 12.3 Å². The van der Waals surface area contributed by atoms with E-state index in [1.807, 2.05) is 67.6 Å². The van der Waals surface area contributed by atoms with Gasteiger partial charge >= 0.3 is 6.03 Å². The highest BCUT2D eigenvalue weighted by Crippen LogP contribution is 2.23. The number of carbonyl (C=O) groups is 1. The molecule has 2 amide bonds. The van der Waals surface area contributed by atoms with E-state index in [1.54, 1.807) is 0 Å². The number of urea groups is 1. The molecule has 0 bridgehead atoms. The number of anilines is 3. The maximum absolute atomic E-state index is 12.4. The molecule has 2 heterocycles. The number of rotatable bonds is 6. The van der Waals surface area contributed by atoms with Crippen LogP contribution in [0, 0.1) is 0 Å². The van der Waals surface area contributed by atoms with Crippen LogP contribution in [0.15, 0.2) is 60.7 Å². The average Bonchev–Trinajstić information content (AvgIpc) is 3.10. The first-order chi connectivity index (χ1) is 15.7. The standard InChI is InChI=1S/C25H29N5O2/c1-2-32-22-12-10-20(11-13-22)26-25(31)27-21-9-7-8-19(18-21)23-14-15-24(29-28-23)30-16-5-3-4-6-17-30/h7-15,18H,2-6,16-17H2,1H3,(H2,26,27,31). The van der Waals surface area contributed by atoms with E-state index < -0.39 is 0 Å². The zero-order valence-corrected chi connectivity index (χ0v) is 18.4. The molecule has 3 aromatic rings. The number of nitrogens with one attached hydrogen (secondary N) is 2. The maximum atomic E-state index is 12.4. The smallest absolute Gasteiger partial charge is 0.323 e. The third-order valence-corrected chi connectivity index (χ3v) is 5.42. The molecule has 0 atom stereocenters. The molecule has 1 aromatic heterocycles. The van der Waals surface area contributed by atoms with Gasteiger partial charge in [-0.15, -0.1) is 10.2 Å². The van der Waals surface area contributed by atoms with Gasteiger partial charge < -0.3 is 20.3 Å². The second-order valence-corrected chi connectivity index (χ2v) is 7.80. The number of benzene rings is 2. The molecule has 2 aromatic carbocycles. The van der Waals surface area contributed by atoms with Crippen LogP contribution in [0.3, 0.4) is 0 Å². The molecule has 0 spiro atoms. The first-order valence-electron chi connectivity index (χ1n) is 11.2. The monoisotopic (exact) mass is 431 g/mol. The van der Waals surface area contributed by atoms with Gasteiger partial charge in [-0.25, -0.2) is 4.79 Å². The summed E-state index contributed by atoms with van der Waals surface area (Å²) in [4.78, 5) is 14.7. The molecule has 32 heavy (non-hydrogen) atoms. The molecular weight excluding hydrogens is 402 g/mol. The van der Waals surface area contributed by atoms with E-state index in [1.165, 1.54) is 25.7 Å². The lowest BCUT2D eigenvalue weighted by Crippen LogP contribution is -2.25. The Kier molecular flexibility index (Phi) is 7.17. The largest absolute Gasteiger partial charge is 0.494 e. The number of amides is 2. The number of carbonyl (C=O) groups excluding carboxylic acids is 1. The molecule has 7 heteroatoms. The summed E-state index contributed by atoms with van der Waals surface area (Å²) in [5.74, 6) is 1.70. The van der Waals surface area contributed by atoms with Gasteiger partial charge in [0.2, 0.25) is 0 Å². The third-order valence-electron chi connectivity index (χ3n) is 5.42. The molecule has 0 radical (unpaired) electrons. The van der Waals surface area contributed by atoms with Gasteiger partial charge in [-0.05, 0) is 68.3 Å². The molecule has 0 saturated carbocycles. The van der Waals surface area contributed by atoms with Crippen molar-refractivity contribution in [1.29, 1.82) is 0 Å². The Labute approximate surface area is 188 Å². The normalized spacial score (nSPS) is 13.8. The highest BCUT2D eigenvalue weighted by molar-refractivity contribution is 6.00. The summed E-state index contributed by atoms with van der Waals surface area (Å²) in [6, 6.07) is 18.6. The van der Waals surface area contributed by atoms with Gasteiger partial charge in [0.25, 0.3) is 0 Å². The quantitative estimate of drug-likeness (QED) is 0.534. The number of aromatic nitrogens is 2. The zero-order chi connectivity index (χ0) is 22.2. The van der Waals surface area contributed by atoms with Crippen LogP contribution in [0.5, 0.6) is 5.75 Å². The Morgan fingerprint density at radius 3 is 2.34 bits per heavy atom. The molecule has 1 saturated heterocycles. The second-order valence-electron chi connectivity index (χ2n) is 7.80. The lowest BCUT2D eigenvalue weighted by Gasteiger charge is -2.20. The summed E-state index contributed by atoms with van der Waals surface area (Å²) in [6.45, 7) is 4.62. The van der Waals surface area contributed by atoms with Crippen LogP contribution in [0.1, 0.15) is 32.6 Å². The van der Waals surface area contributed by atoms with Gasteiger partial charge in [0.1, 0.15) is 5.75 Å². The molecule has 1 fully saturated rings. The zero-order valence-electron chi connectivity index (χ0n) is 18.4. The highest BCUT2D eigenvalue weighted by atomic mass is 16.5. The fraction of sp³-hybridized carbons (Fsp3) is 0.320. The van der Waals surface area contributed by atoms with Crippen LogP contribution in [-0.4, -0.2) is 35.9 Å². The van der Waals surface area contributed by atoms with E-state index >= 15 is 0 Å². The van der Waals surface area contributed by atoms with Gasteiger partial charge in [-0.2, -0.15) is 0 Å². The van der Waals surface area contributed by atoms with Crippen LogP contribution in [0.2, 0.25) is 0 Å². The second kappa shape index (κ2) is 10.6. The Morgan fingerprint density at radius 1 is 0.906 bits per heavy atom. The molecule has 1 aliphatic heterocycles. The SMILES string of the molecule is CCOc1ccc(NC(=O)Nc2cccc(-c3ccc(N4CCCCCC4)nn3)c2)cc1. The molecule has 1 aliphatic rings. The molecule has 0 aliphatic carbocycles. The van der Waals surface area contributed by atoms with E-state index in [-0.39, 0.29) is 6.03 Å². The van der Waals surface area contributed by atoms with Crippen molar-refractivity contribution in [3.63, 3.8) is 0 Å². The van der Waals surface area contributed by atoms with E-state index in [9.17, 15) is 4.79 Å². The van der Waals surface area contributed by atoms with Crippen LogP contribution in [0.25, 0.3) is 11.3 Å². The van der Waals surface area contributed by atoms with E-state index in [0.29, 0.717) is 18.0 Å². The Hall–Kier alpha value is -3.61. The minimum Gasteiger partial charge on any atom is -0.494 e. The minimum absolute atomic E-state index is 0.311. The predicted molar refractivity (Wildman–Crippen MR) is 128 cm³/mol. The van der Waals surface area contributed by atoms with Crippen molar-refractivity contribution >= 4 is 23.2 Å². The van der Waals surface area contributed by atoms with Crippen molar-refractivity contribution in [3.05, 3.63) is 60.7 Å². The summed E-state index contributed by atoms with van der Waals surface area (Å²) in [7, 11) is 0. The van der Waals surface area contributed by atoms with Gasteiger partial charge in [-0.3, -0.25) is 0 Å². The van der Waals surface area contributed by atoms with Crippen molar-refractivity contribution in [1.82, 2.24) is 10.2 Å². The van der Waals surface area contributed by atoms with Crippen molar-refractivity contribution in [2.45, 2.75) is 32.6 Å². The fourth-order valence-electron chi connectivity index (χ4n) is 3.80. The number of ether oxygens (including phenoxy) is 1. The van der Waals surface area contributed by atoms with Crippen molar-refractivity contribution in [3.8, 4) is 17.0 Å². The topological polar surface area (TPSA) is 79.4 Å². The van der Waals surface area contributed by atoms with Gasteiger partial charge in [0.15, 0.2) is 5.82 Å². The molecular formula is C25H29N5O2. The van der Waals surface area contributed by atoms with Gasteiger partial charge in [0, 0.05) is 30.0 Å². The lowest BCUT2D eigenvalue weighted by atomic mass is 10.1. The number of nitrogens with zero attached hydrogens (tertiary/aromatic N) is 3. The third kappa shape index (κ3) is 5.75. The van der Waals surface area contributed by atoms with Gasteiger partial charge in [-0.1, -0.05) is 25.0 Å². The molecule has 0 unspecified atom stereocenters. The first kappa shape index (κ1) is 21.6. The summed E-state index contributed by atoms with van der Waals surface area (Å²) >= 11 is 0. The van der Waals surface area contributed by atoms with Crippen LogP contribution < -0.4 is 20.3 Å². The van der Waals surface area contributed by atoms with Crippen LogP contribution in [-0.2, 0) is 0 Å². The Bertz CT molecular complexity index is 1010. The molecule has 2 N–H and O–H groups in total. The average molecular weight is 432 g/mol. The lowest BCUT2D eigenvalue weighted by molar-refractivity contribution is 0.262. The van der Waals surface area contributed by atoms with Crippen molar-refractivity contribution < 1.29 is 9.53 Å². The summed E-state index contributed by atoms with van der Waals surface area (Å²) < 4.78 is 5.42. The van der Waals surface area contributed by atoms with E-state index in [2.05, 4.69) is 25.7 Å². The number of hydrogen-bond donors (Lipinski definition) is 2. The van der Waals surface area contributed by atoms with Crippen LogP contribution in [0.4, 0.5) is 22.0 Å². The summed E-state index contributed by atoms with van der Waals surface area (Å²) in [5, 5.41) is 14.6. The van der Waals surface area contributed by atoms with E-state index in [4.69, 9.17) is 4.74 Å². The number of hydrogen-bond acceptors (Lipinski definition) is 5. The van der Waals surface area contributed by atoms with E-state index in [0.717, 1.165) is 35.9 Å². The van der Waals surface area contributed by atoms with Crippen molar-refractivity contribution in [2.24, 2.45) is 0 Å². The van der Waals surface area contributed by atoms with Crippen molar-refractivity contribution in [2.75, 3.05) is 35.2 Å². The highest BCUT2D eigenvalue weighted by Gasteiger charge is 2.12. The molecule has 7 nitrogen and oxygen atoms in total. The maximum Gasteiger partial charge on any atom is 0.323 e. The Balaban J connectivity index is 1.39. The minimum atomic E-state index is -0.311. The predicted octanol–water partition coefficient (Wildman–Crippen LogP) is 5.57. The molecule has 166 valence electrons. The summed E-state index contributed by atoms with van der Waals surface area (Å²) in [5.41, 5.74) is 3.05. The summed E-state index contributed by atoms with van der Waals surface area (Å²) in [6.07, 6.45) is 4.98. The Morgan fingerprint density at radius 2 is 1.66 bits per heavy atom. The van der Waals surface area contributed by atoms with Crippen LogP contribution >= 0.6 is 0 Å². The fourth-order valence-corrected chi connectivity index (χ4v) is 3.80. The first-order valence-corrected chi connectivity index (χ1v) is 11.2. The molecule has 4 rings (SSSR count).